The number of hydrogen-bond acceptors (Lipinski definition) is 2. The van der Waals surface area contributed by atoms with Crippen molar-refractivity contribution in [3.05, 3.63) is 5.21 Å². The van der Waals surface area contributed by atoms with E-state index in [1.165, 1.54) is 77.0 Å². The maximum atomic E-state index is 11.7. The molecule has 0 aliphatic heterocycles. The highest BCUT2D eigenvalue weighted by Crippen LogP contribution is 2.23. The fraction of sp³-hybridized carbons (Fsp3) is 1.00. The molecule has 3 heteroatoms. The van der Waals surface area contributed by atoms with E-state index in [0.29, 0.717) is 5.92 Å². The molecule has 0 aromatic carbocycles. The number of hydrogen-bond donors (Lipinski definition) is 2. The molecule has 0 aliphatic carbocycles. The van der Waals surface area contributed by atoms with E-state index in [4.69, 9.17) is 0 Å². The SMILES string of the molecule is CCCCCCCCCCCC(CCCCC)C(CCCC)[NH+]([O-])O. The van der Waals surface area contributed by atoms with Crippen molar-refractivity contribution in [2.45, 2.75) is 136 Å². The zero-order chi connectivity index (χ0) is 18.8. The molecule has 3 unspecified atom stereocenters. The minimum atomic E-state index is -0.550. The van der Waals surface area contributed by atoms with Crippen molar-refractivity contribution < 1.29 is 10.4 Å². The molecule has 0 aromatic heterocycles. The minimum absolute atomic E-state index is 0.106. The van der Waals surface area contributed by atoms with Gasteiger partial charge in [-0.2, -0.15) is 0 Å². The third kappa shape index (κ3) is 14.7. The lowest BCUT2D eigenvalue weighted by Gasteiger charge is -2.31. The maximum Gasteiger partial charge on any atom is 0.119 e. The molecule has 0 saturated carbocycles. The standard InChI is InChI=1S/C22H47NO2/c1-4-7-10-11-12-13-14-15-17-19-21(18-16-8-5-2)22(23(24)25)20-9-6-3/h21-24H,4-20H2,1-3H3. The summed E-state index contributed by atoms with van der Waals surface area (Å²) in [7, 11) is 0. The van der Waals surface area contributed by atoms with Crippen LogP contribution in [0.3, 0.4) is 0 Å². The second-order valence-electron chi connectivity index (χ2n) is 7.96. The molecule has 0 aromatic rings. The van der Waals surface area contributed by atoms with Gasteiger partial charge in [0, 0.05) is 12.3 Å². The van der Waals surface area contributed by atoms with Crippen LogP contribution in [0.4, 0.5) is 0 Å². The van der Waals surface area contributed by atoms with Crippen LogP contribution in [0.2, 0.25) is 0 Å². The molecule has 0 amide bonds. The van der Waals surface area contributed by atoms with Gasteiger partial charge in [-0.15, -0.1) is 0 Å². The van der Waals surface area contributed by atoms with Crippen molar-refractivity contribution in [1.82, 2.24) is 0 Å². The van der Waals surface area contributed by atoms with E-state index < -0.39 is 5.23 Å². The highest BCUT2D eigenvalue weighted by atomic mass is 16.8. The lowest BCUT2D eigenvalue weighted by Crippen LogP contribution is -3.09. The predicted molar refractivity (Wildman–Crippen MR) is 109 cm³/mol. The number of unbranched alkanes of at least 4 members (excludes halogenated alkanes) is 11. The van der Waals surface area contributed by atoms with Gasteiger partial charge in [0.2, 0.25) is 0 Å². The van der Waals surface area contributed by atoms with Gasteiger partial charge in [0.15, 0.2) is 0 Å². The van der Waals surface area contributed by atoms with Gasteiger partial charge >= 0.3 is 0 Å². The highest BCUT2D eigenvalue weighted by Gasteiger charge is 2.25. The average Bonchev–Trinajstić information content (AvgIpc) is 2.59. The molecule has 0 radical (unpaired) electrons. The van der Waals surface area contributed by atoms with Crippen molar-refractivity contribution in [2.24, 2.45) is 5.92 Å². The summed E-state index contributed by atoms with van der Waals surface area (Å²) in [6.07, 6.45) is 21.0. The summed E-state index contributed by atoms with van der Waals surface area (Å²) in [5.41, 5.74) is 0. The molecule has 0 rings (SSSR count). The first-order valence-electron chi connectivity index (χ1n) is 11.4. The Balaban J connectivity index is 4.07. The number of quaternary nitrogens is 1. The molecule has 0 spiro atoms. The zero-order valence-electron chi connectivity index (χ0n) is 17.5. The van der Waals surface area contributed by atoms with Gasteiger partial charge in [-0.1, -0.05) is 104 Å². The summed E-state index contributed by atoms with van der Waals surface area (Å²) in [6.45, 7) is 6.65. The third-order valence-corrected chi connectivity index (χ3v) is 5.61. The maximum absolute atomic E-state index is 11.7. The largest absolute Gasteiger partial charge is 0.600 e. The molecule has 0 bridgehead atoms. The smallest absolute Gasteiger partial charge is 0.119 e. The van der Waals surface area contributed by atoms with Crippen LogP contribution in [0.25, 0.3) is 0 Å². The van der Waals surface area contributed by atoms with Crippen molar-refractivity contribution in [2.75, 3.05) is 0 Å². The molecular formula is C22H47NO2. The van der Waals surface area contributed by atoms with E-state index in [9.17, 15) is 10.4 Å². The van der Waals surface area contributed by atoms with E-state index in [2.05, 4.69) is 20.8 Å². The summed E-state index contributed by atoms with van der Waals surface area (Å²) in [5.74, 6) is 0.403. The summed E-state index contributed by atoms with van der Waals surface area (Å²) >= 11 is 0. The number of rotatable bonds is 19. The topological polar surface area (TPSA) is 47.7 Å². The molecule has 25 heavy (non-hydrogen) atoms. The Labute approximate surface area is 158 Å². The monoisotopic (exact) mass is 357 g/mol. The van der Waals surface area contributed by atoms with Gasteiger partial charge in [-0.3, -0.25) is 0 Å². The van der Waals surface area contributed by atoms with Crippen LogP contribution in [-0.2, 0) is 0 Å². The molecule has 2 N–H and O–H groups in total. The van der Waals surface area contributed by atoms with E-state index in [-0.39, 0.29) is 6.04 Å². The van der Waals surface area contributed by atoms with Crippen LogP contribution < -0.4 is 5.23 Å². The molecule has 3 nitrogen and oxygen atoms in total. The normalized spacial score (nSPS) is 15.2. The highest BCUT2D eigenvalue weighted by molar-refractivity contribution is 4.70. The molecule has 0 heterocycles. The Bertz CT molecular complexity index is 258. The first kappa shape index (κ1) is 24.9. The molecule has 0 fully saturated rings. The molecule has 0 aliphatic rings. The molecule has 3 atom stereocenters. The van der Waals surface area contributed by atoms with Gasteiger partial charge in [-0.25, -0.2) is 10.4 Å². The fourth-order valence-corrected chi connectivity index (χ4v) is 3.91. The summed E-state index contributed by atoms with van der Waals surface area (Å²) in [6, 6.07) is -0.106. The Morgan fingerprint density at radius 2 is 1.00 bits per heavy atom. The van der Waals surface area contributed by atoms with Crippen LogP contribution >= 0.6 is 0 Å². The summed E-state index contributed by atoms with van der Waals surface area (Å²) < 4.78 is 0. The molecular weight excluding hydrogens is 310 g/mol. The molecule has 0 saturated heterocycles. The Morgan fingerprint density at radius 1 is 0.600 bits per heavy atom. The Morgan fingerprint density at radius 3 is 1.48 bits per heavy atom. The van der Waals surface area contributed by atoms with Crippen LogP contribution in [0.1, 0.15) is 130 Å². The first-order valence-corrected chi connectivity index (χ1v) is 11.4. The van der Waals surface area contributed by atoms with Gasteiger partial charge in [0.1, 0.15) is 6.04 Å². The van der Waals surface area contributed by atoms with Gasteiger partial charge in [-0.05, 0) is 19.3 Å². The average molecular weight is 358 g/mol. The van der Waals surface area contributed by atoms with Crippen molar-refractivity contribution in [3.8, 4) is 0 Å². The molecule has 152 valence electrons. The lowest BCUT2D eigenvalue weighted by molar-refractivity contribution is -1.07. The van der Waals surface area contributed by atoms with Crippen molar-refractivity contribution in [3.63, 3.8) is 0 Å². The number of nitrogens with one attached hydrogen (secondary N) is 1. The fourth-order valence-electron chi connectivity index (χ4n) is 3.91. The third-order valence-electron chi connectivity index (χ3n) is 5.61. The van der Waals surface area contributed by atoms with E-state index in [1.54, 1.807) is 0 Å². The van der Waals surface area contributed by atoms with Crippen LogP contribution in [0, 0.1) is 11.1 Å². The van der Waals surface area contributed by atoms with Crippen molar-refractivity contribution in [1.29, 1.82) is 0 Å². The van der Waals surface area contributed by atoms with E-state index in [1.807, 2.05) is 0 Å². The van der Waals surface area contributed by atoms with E-state index in [0.717, 1.165) is 32.1 Å². The van der Waals surface area contributed by atoms with Gasteiger partial charge in [0.05, 0.1) is 0 Å². The Kier molecular flexibility index (Phi) is 18.6. The zero-order valence-corrected chi connectivity index (χ0v) is 17.5. The summed E-state index contributed by atoms with van der Waals surface area (Å²) in [5, 5.41) is 20.9. The van der Waals surface area contributed by atoms with Crippen LogP contribution in [-0.4, -0.2) is 11.2 Å². The quantitative estimate of drug-likeness (QED) is 0.206. The number of hydroxylamine groups is 2. The van der Waals surface area contributed by atoms with Gasteiger partial charge in [0.25, 0.3) is 0 Å². The predicted octanol–water partition coefficient (Wildman–Crippen LogP) is 6.43. The lowest BCUT2D eigenvalue weighted by atomic mass is 9.86. The second kappa shape index (κ2) is 18.7. The second-order valence-corrected chi connectivity index (χ2v) is 7.96. The van der Waals surface area contributed by atoms with Gasteiger partial charge < -0.3 is 5.21 Å². The Hall–Kier alpha value is -0.120. The first-order chi connectivity index (χ1) is 12.2. The van der Waals surface area contributed by atoms with Crippen LogP contribution in [0.5, 0.6) is 0 Å². The minimum Gasteiger partial charge on any atom is -0.600 e. The van der Waals surface area contributed by atoms with Crippen LogP contribution in [0.15, 0.2) is 0 Å². The van der Waals surface area contributed by atoms with E-state index >= 15 is 0 Å². The van der Waals surface area contributed by atoms with Crippen molar-refractivity contribution >= 4 is 0 Å². The summed E-state index contributed by atoms with van der Waals surface area (Å²) in [4.78, 5) is 0.